The maximum absolute atomic E-state index is 13.0. The third kappa shape index (κ3) is 4.67. The van der Waals surface area contributed by atoms with Crippen LogP contribution in [0.4, 0.5) is 16.2 Å². The number of nitro benzene ring substituents is 1. The normalized spacial score (nSPS) is 19.8. The van der Waals surface area contributed by atoms with Gasteiger partial charge in [-0.3, -0.25) is 19.8 Å². The number of rotatable bonds is 5. The number of hydrogen-bond acceptors (Lipinski definition) is 6. The second-order valence-corrected chi connectivity index (χ2v) is 8.45. The van der Waals surface area contributed by atoms with E-state index in [4.69, 9.17) is 4.74 Å². The van der Waals surface area contributed by atoms with E-state index in [0.717, 1.165) is 25.8 Å². The fourth-order valence-electron chi connectivity index (χ4n) is 3.42. The number of ether oxygens (including phenoxy) is 1. The lowest BCUT2D eigenvalue weighted by molar-refractivity contribution is -0.384. The fraction of sp³-hybridized carbons (Fsp3) is 0.600. The summed E-state index contributed by atoms with van der Waals surface area (Å²) in [5, 5.41) is 15.0. The van der Waals surface area contributed by atoms with Gasteiger partial charge in [0.05, 0.1) is 11.0 Å². The molecule has 0 aromatic heterocycles. The fourth-order valence-corrected chi connectivity index (χ4v) is 3.42. The second kappa shape index (κ2) is 7.87. The van der Waals surface area contributed by atoms with Crippen molar-refractivity contribution in [1.29, 1.82) is 0 Å². The molecule has 1 aliphatic heterocycles. The summed E-state index contributed by atoms with van der Waals surface area (Å²) >= 11 is 0. The van der Waals surface area contributed by atoms with E-state index in [1.54, 1.807) is 26.8 Å². The summed E-state index contributed by atoms with van der Waals surface area (Å²) in [4.78, 5) is 37.9. The highest BCUT2D eigenvalue weighted by Gasteiger charge is 2.36. The van der Waals surface area contributed by atoms with Crippen LogP contribution < -0.4 is 10.2 Å². The Balaban J connectivity index is 2.00. The molecule has 1 heterocycles. The Morgan fingerprint density at radius 2 is 1.96 bits per heavy atom. The first-order valence-electron chi connectivity index (χ1n) is 9.73. The molecule has 3 rings (SSSR count). The molecular weight excluding hydrogens is 362 g/mol. The third-order valence-electron chi connectivity index (χ3n) is 4.89. The zero-order valence-electron chi connectivity index (χ0n) is 16.6. The molecule has 8 nitrogen and oxygen atoms in total. The number of piperidine rings is 1. The summed E-state index contributed by atoms with van der Waals surface area (Å²) in [6, 6.07) is 4.12. The number of Topliss-reactive ketones (excluding diaryl/α,β-unsaturated/α-hetero) is 1. The van der Waals surface area contributed by atoms with E-state index in [-0.39, 0.29) is 29.1 Å². The predicted octanol–water partition coefficient (Wildman–Crippen LogP) is 3.68. The second-order valence-electron chi connectivity index (χ2n) is 8.45. The minimum atomic E-state index is -0.728. The molecule has 2 fully saturated rings. The first-order valence-corrected chi connectivity index (χ1v) is 9.73. The minimum Gasteiger partial charge on any atom is -0.443 e. The van der Waals surface area contributed by atoms with Gasteiger partial charge in [0.2, 0.25) is 0 Å². The molecule has 1 aromatic carbocycles. The van der Waals surface area contributed by atoms with Crippen LogP contribution in [0.25, 0.3) is 0 Å². The van der Waals surface area contributed by atoms with E-state index in [9.17, 15) is 19.7 Å². The molecule has 1 saturated carbocycles. The molecule has 28 heavy (non-hydrogen) atoms. The van der Waals surface area contributed by atoms with Crippen LogP contribution in [0.2, 0.25) is 0 Å². The molecule has 152 valence electrons. The highest BCUT2D eigenvalue weighted by atomic mass is 16.6. The van der Waals surface area contributed by atoms with E-state index in [1.807, 2.05) is 0 Å². The first kappa shape index (κ1) is 20.3. The lowest BCUT2D eigenvalue weighted by Crippen LogP contribution is -2.50. The van der Waals surface area contributed by atoms with Crippen LogP contribution in [0.1, 0.15) is 56.8 Å². The molecular formula is C20H27N3O5. The quantitative estimate of drug-likeness (QED) is 0.468. The monoisotopic (exact) mass is 389 g/mol. The number of anilines is 1. The van der Waals surface area contributed by atoms with Gasteiger partial charge in [-0.1, -0.05) is 0 Å². The van der Waals surface area contributed by atoms with Crippen LogP contribution in [0.3, 0.4) is 0 Å². The molecule has 1 aliphatic carbocycles. The minimum absolute atomic E-state index is 0.0324. The third-order valence-corrected chi connectivity index (χ3v) is 4.89. The average molecular weight is 389 g/mol. The standard InChI is InChI=1S/C20H27N3O5/c1-20(2,3)28-19(25)22(15-5-4-10-21-12-15)16-9-8-14(11-17(16)23(26)27)18(24)13-6-7-13/h8-9,11,13,15,21H,4-7,10,12H2,1-3H3. The number of nitro groups is 1. The van der Waals surface area contributed by atoms with Gasteiger partial charge in [-0.15, -0.1) is 0 Å². The summed E-state index contributed by atoms with van der Waals surface area (Å²) in [7, 11) is 0. The number of carbonyl (C=O) groups is 2. The maximum atomic E-state index is 13.0. The van der Waals surface area contributed by atoms with Gasteiger partial charge in [-0.05, 0) is 65.1 Å². The number of carbonyl (C=O) groups excluding carboxylic acids is 2. The summed E-state index contributed by atoms with van der Waals surface area (Å²) in [5.41, 5.74) is -0.485. The van der Waals surface area contributed by atoms with Gasteiger partial charge in [0.1, 0.15) is 11.3 Å². The van der Waals surface area contributed by atoms with Crippen molar-refractivity contribution in [3.05, 3.63) is 33.9 Å². The van der Waals surface area contributed by atoms with E-state index >= 15 is 0 Å². The van der Waals surface area contributed by atoms with Gasteiger partial charge in [0.15, 0.2) is 5.78 Å². The lowest BCUT2D eigenvalue weighted by atomic mass is 10.0. The van der Waals surface area contributed by atoms with Gasteiger partial charge in [0.25, 0.3) is 5.69 Å². The Morgan fingerprint density at radius 3 is 2.50 bits per heavy atom. The number of ketones is 1. The molecule has 1 unspecified atom stereocenters. The molecule has 8 heteroatoms. The van der Waals surface area contributed by atoms with Gasteiger partial charge in [-0.2, -0.15) is 0 Å². The van der Waals surface area contributed by atoms with Crippen molar-refractivity contribution in [1.82, 2.24) is 5.32 Å². The summed E-state index contributed by atoms with van der Waals surface area (Å²) in [6.07, 6.45) is 2.60. The van der Waals surface area contributed by atoms with Crippen molar-refractivity contribution in [2.75, 3.05) is 18.0 Å². The predicted molar refractivity (Wildman–Crippen MR) is 105 cm³/mol. The SMILES string of the molecule is CC(C)(C)OC(=O)N(c1ccc(C(=O)C2CC2)cc1[N+](=O)[O-])C1CCCNC1. The van der Waals surface area contributed by atoms with Crippen molar-refractivity contribution < 1.29 is 19.2 Å². The molecule has 1 saturated heterocycles. The summed E-state index contributed by atoms with van der Waals surface area (Å²) < 4.78 is 5.54. The van der Waals surface area contributed by atoms with Gasteiger partial charge >= 0.3 is 6.09 Å². The van der Waals surface area contributed by atoms with Crippen LogP contribution in [0.5, 0.6) is 0 Å². The topological polar surface area (TPSA) is 102 Å². The Hall–Kier alpha value is -2.48. The van der Waals surface area contributed by atoms with Gasteiger partial charge in [-0.25, -0.2) is 4.79 Å². The summed E-state index contributed by atoms with van der Waals surface area (Å²) in [5.74, 6) is -0.104. The van der Waals surface area contributed by atoms with Crippen LogP contribution in [-0.4, -0.2) is 41.5 Å². The number of hydrogen-bond donors (Lipinski definition) is 1. The number of nitrogens with zero attached hydrogens (tertiary/aromatic N) is 2. The molecule has 0 radical (unpaired) electrons. The van der Waals surface area contributed by atoms with E-state index in [1.165, 1.54) is 17.0 Å². The molecule has 1 amide bonds. The van der Waals surface area contributed by atoms with Gasteiger partial charge in [0, 0.05) is 24.1 Å². The van der Waals surface area contributed by atoms with Crippen LogP contribution in [0, 0.1) is 16.0 Å². The van der Waals surface area contributed by atoms with E-state index in [0.29, 0.717) is 18.5 Å². The molecule has 2 aliphatic rings. The van der Waals surface area contributed by atoms with Crippen molar-refractivity contribution in [2.24, 2.45) is 5.92 Å². The molecule has 1 N–H and O–H groups in total. The zero-order valence-corrected chi connectivity index (χ0v) is 16.6. The average Bonchev–Trinajstić information content (AvgIpc) is 3.46. The number of benzene rings is 1. The zero-order chi connectivity index (χ0) is 20.5. The van der Waals surface area contributed by atoms with E-state index < -0.39 is 16.6 Å². The molecule has 0 bridgehead atoms. The number of nitrogens with one attached hydrogen (secondary N) is 1. The van der Waals surface area contributed by atoms with Crippen LogP contribution in [-0.2, 0) is 4.74 Å². The van der Waals surface area contributed by atoms with Crippen molar-refractivity contribution in [2.45, 2.75) is 58.1 Å². The maximum Gasteiger partial charge on any atom is 0.415 e. The smallest absolute Gasteiger partial charge is 0.415 e. The Morgan fingerprint density at radius 1 is 1.25 bits per heavy atom. The molecule has 0 spiro atoms. The molecule has 1 aromatic rings. The first-order chi connectivity index (χ1) is 13.2. The van der Waals surface area contributed by atoms with Gasteiger partial charge < -0.3 is 10.1 Å². The Bertz CT molecular complexity index is 777. The molecule has 1 atom stereocenters. The highest BCUT2D eigenvalue weighted by molar-refractivity contribution is 6.01. The largest absolute Gasteiger partial charge is 0.443 e. The van der Waals surface area contributed by atoms with E-state index in [2.05, 4.69) is 5.32 Å². The highest BCUT2D eigenvalue weighted by Crippen LogP contribution is 2.37. The number of amides is 1. The summed E-state index contributed by atoms with van der Waals surface area (Å²) in [6.45, 7) is 6.64. The Kier molecular flexibility index (Phi) is 5.69. The van der Waals surface area contributed by atoms with Crippen molar-refractivity contribution in [3.8, 4) is 0 Å². The van der Waals surface area contributed by atoms with Crippen LogP contribution >= 0.6 is 0 Å². The lowest BCUT2D eigenvalue weighted by Gasteiger charge is -2.35. The van der Waals surface area contributed by atoms with Crippen molar-refractivity contribution in [3.63, 3.8) is 0 Å². The van der Waals surface area contributed by atoms with Crippen LogP contribution in [0.15, 0.2) is 18.2 Å². The Labute approximate surface area is 164 Å². The van der Waals surface area contributed by atoms with Crippen molar-refractivity contribution >= 4 is 23.3 Å².